The number of hydrogen-bond donors (Lipinski definition) is 0. The van der Waals surface area contributed by atoms with Crippen LogP contribution in [0.25, 0.3) is 21.6 Å². The summed E-state index contributed by atoms with van der Waals surface area (Å²) in [6, 6.07) is 7.13. The number of aromatic nitrogens is 2. The zero-order valence-electron chi connectivity index (χ0n) is 14.3. The Labute approximate surface area is 148 Å². The zero-order chi connectivity index (χ0) is 18.0. The number of fused-ring (bicyclic) bond motifs is 1. The number of aryl methyl sites for hydroxylation is 1. The Balaban J connectivity index is 2.27. The molecule has 0 bridgehead atoms. The summed E-state index contributed by atoms with van der Waals surface area (Å²) in [5.41, 5.74) is 0.458. The zero-order valence-corrected chi connectivity index (χ0v) is 15.2. The van der Waals surface area contributed by atoms with Crippen LogP contribution in [0.5, 0.6) is 11.5 Å². The van der Waals surface area contributed by atoms with Crippen LogP contribution in [0, 0.1) is 0 Å². The maximum absolute atomic E-state index is 13.1. The van der Waals surface area contributed by atoms with Gasteiger partial charge in [0, 0.05) is 10.4 Å². The van der Waals surface area contributed by atoms with Gasteiger partial charge in [-0.3, -0.25) is 9.36 Å². The van der Waals surface area contributed by atoms with Crippen molar-refractivity contribution in [3.8, 4) is 22.9 Å². The molecule has 0 aliphatic carbocycles. The van der Waals surface area contributed by atoms with Crippen molar-refractivity contribution in [3.05, 3.63) is 39.5 Å². The van der Waals surface area contributed by atoms with Gasteiger partial charge >= 0.3 is 0 Å². The molecule has 0 spiro atoms. The summed E-state index contributed by atoms with van der Waals surface area (Å²) in [6.45, 7) is 1.35. The third-order valence-electron chi connectivity index (χ3n) is 4.00. The van der Waals surface area contributed by atoms with Gasteiger partial charge < -0.3 is 9.47 Å². The van der Waals surface area contributed by atoms with E-state index in [1.54, 1.807) is 32.4 Å². The van der Waals surface area contributed by atoms with E-state index in [0.29, 0.717) is 33.1 Å². The first-order chi connectivity index (χ1) is 12.1. The normalized spacial score (nSPS) is 11.0. The number of thiophene rings is 1. The number of halogens is 1. The van der Waals surface area contributed by atoms with E-state index in [4.69, 9.17) is 9.47 Å². The summed E-state index contributed by atoms with van der Waals surface area (Å²) in [5, 5.41) is 0.541. The predicted octanol–water partition coefficient (Wildman–Crippen LogP) is 3.67. The molecule has 7 heteroatoms. The smallest absolute Gasteiger partial charge is 0.262 e. The van der Waals surface area contributed by atoms with Crippen LogP contribution in [0.1, 0.15) is 11.8 Å². The minimum atomic E-state index is -0.641. The number of rotatable bonds is 6. The van der Waals surface area contributed by atoms with Gasteiger partial charge in [0.2, 0.25) is 0 Å². The Morgan fingerprint density at radius 2 is 1.96 bits per heavy atom. The summed E-state index contributed by atoms with van der Waals surface area (Å²) in [6.07, 6.45) is 0.829. The van der Waals surface area contributed by atoms with Crippen LogP contribution in [-0.2, 0) is 13.0 Å². The highest BCUT2D eigenvalue weighted by molar-refractivity contribution is 7.18. The van der Waals surface area contributed by atoms with Crippen LogP contribution < -0.4 is 15.0 Å². The van der Waals surface area contributed by atoms with Gasteiger partial charge in [0.15, 0.2) is 11.5 Å². The van der Waals surface area contributed by atoms with Crippen molar-refractivity contribution < 1.29 is 13.9 Å². The summed E-state index contributed by atoms with van der Waals surface area (Å²) in [4.78, 5) is 19.2. The molecule has 5 nitrogen and oxygen atoms in total. The largest absolute Gasteiger partial charge is 0.493 e. The molecule has 132 valence electrons. The lowest BCUT2D eigenvalue weighted by Crippen LogP contribution is -2.23. The molecule has 0 aliphatic heterocycles. The fourth-order valence-corrected chi connectivity index (χ4v) is 3.69. The van der Waals surface area contributed by atoms with Crippen molar-refractivity contribution in [2.45, 2.75) is 19.9 Å². The SMILES string of the molecule is CCc1cc2c(=O)n(CCF)c(-c3ccc(OC)c(OC)c3)nc2s1. The van der Waals surface area contributed by atoms with Crippen molar-refractivity contribution in [1.29, 1.82) is 0 Å². The molecular weight excluding hydrogens is 343 g/mol. The van der Waals surface area contributed by atoms with Gasteiger partial charge in [-0.05, 0) is 30.7 Å². The Bertz CT molecular complexity index is 965. The topological polar surface area (TPSA) is 53.4 Å². The number of ether oxygens (including phenoxy) is 2. The summed E-state index contributed by atoms with van der Waals surface area (Å²) >= 11 is 1.49. The molecule has 0 atom stereocenters. The van der Waals surface area contributed by atoms with Crippen LogP contribution in [-0.4, -0.2) is 30.4 Å². The first-order valence-corrected chi connectivity index (χ1v) is 8.76. The maximum Gasteiger partial charge on any atom is 0.262 e. The number of methoxy groups -OCH3 is 2. The van der Waals surface area contributed by atoms with Gasteiger partial charge in [0.05, 0.1) is 26.2 Å². The quantitative estimate of drug-likeness (QED) is 0.671. The van der Waals surface area contributed by atoms with E-state index in [-0.39, 0.29) is 12.1 Å². The van der Waals surface area contributed by atoms with Crippen molar-refractivity contribution >= 4 is 21.6 Å². The standard InChI is InChI=1S/C18H19FN2O3S/c1-4-12-10-13-17(25-12)20-16(21(8-7-19)18(13)22)11-5-6-14(23-2)15(9-11)24-3/h5-6,9-10H,4,7-8H2,1-3H3. The first kappa shape index (κ1) is 17.4. The lowest BCUT2D eigenvalue weighted by Gasteiger charge is -2.13. The molecule has 1 aromatic carbocycles. The molecule has 2 aromatic heterocycles. The van der Waals surface area contributed by atoms with Crippen molar-refractivity contribution in [2.24, 2.45) is 0 Å². The average Bonchev–Trinajstić information content (AvgIpc) is 3.07. The molecular formula is C18H19FN2O3S. The predicted molar refractivity (Wildman–Crippen MR) is 97.8 cm³/mol. The van der Waals surface area contributed by atoms with Crippen LogP contribution >= 0.6 is 11.3 Å². The second-order valence-electron chi connectivity index (χ2n) is 5.44. The molecule has 0 N–H and O–H groups in total. The molecule has 0 unspecified atom stereocenters. The Morgan fingerprint density at radius 1 is 1.20 bits per heavy atom. The molecule has 0 saturated carbocycles. The maximum atomic E-state index is 13.1. The van der Waals surface area contributed by atoms with Gasteiger partial charge in [0.25, 0.3) is 5.56 Å². The Hall–Kier alpha value is -2.41. The lowest BCUT2D eigenvalue weighted by atomic mass is 10.1. The van der Waals surface area contributed by atoms with E-state index < -0.39 is 6.67 Å². The van der Waals surface area contributed by atoms with Gasteiger partial charge in [-0.2, -0.15) is 0 Å². The van der Waals surface area contributed by atoms with Crippen molar-refractivity contribution in [1.82, 2.24) is 9.55 Å². The molecule has 0 fully saturated rings. The van der Waals surface area contributed by atoms with E-state index in [9.17, 15) is 9.18 Å². The number of alkyl halides is 1. The van der Waals surface area contributed by atoms with Gasteiger partial charge in [0.1, 0.15) is 17.3 Å². The molecule has 2 heterocycles. The number of hydrogen-bond acceptors (Lipinski definition) is 5. The Morgan fingerprint density at radius 3 is 2.60 bits per heavy atom. The molecule has 25 heavy (non-hydrogen) atoms. The highest BCUT2D eigenvalue weighted by Gasteiger charge is 2.16. The second kappa shape index (κ2) is 7.23. The third kappa shape index (κ3) is 3.11. The fourth-order valence-electron chi connectivity index (χ4n) is 2.73. The number of nitrogens with zero attached hydrogens (tertiary/aromatic N) is 2. The number of benzene rings is 1. The van der Waals surface area contributed by atoms with Gasteiger partial charge in [-0.1, -0.05) is 6.92 Å². The molecule has 0 radical (unpaired) electrons. The van der Waals surface area contributed by atoms with Crippen molar-refractivity contribution in [2.75, 3.05) is 20.9 Å². The fraction of sp³-hybridized carbons (Fsp3) is 0.333. The summed E-state index contributed by atoms with van der Waals surface area (Å²) in [7, 11) is 3.10. The van der Waals surface area contributed by atoms with Crippen LogP contribution in [0.3, 0.4) is 0 Å². The average molecular weight is 362 g/mol. The van der Waals surface area contributed by atoms with E-state index in [1.807, 2.05) is 13.0 Å². The minimum Gasteiger partial charge on any atom is -0.493 e. The molecule has 3 rings (SSSR count). The second-order valence-corrected chi connectivity index (χ2v) is 6.55. The van der Waals surface area contributed by atoms with E-state index in [0.717, 1.165) is 11.3 Å². The van der Waals surface area contributed by atoms with E-state index >= 15 is 0 Å². The van der Waals surface area contributed by atoms with Crippen LogP contribution in [0.2, 0.25) is 0 Å². The van der Waals surface area contributed by atoms with Crippen LogP contribution in [0.15, 0.2) is 29.1 Å². The monoisotopic (exact) mass is 362 g/mol. The highest BCUT2D eigenvalue weighted by Crippen LogP contribution is 2.32. The molecule has 0 aliphatic rings. The molecule has 0 amide bonds. The third-order valence-corrected chi connectivity index (χ3v) is 5.17. The van der Waals surface area contributed by atoms with E-state index in [1.165, 1.54) is 15.9 Å². The van der Waals surface area contributed by atoms with Crippen LogP contribution in [0.4, 0.5) is 4.39 Å². The summed E-state index contributed by atoms with van der Waals surface area (Å²) in [5.74, 6) is 1.54. The highest BCUT2D eigenvalue weighted by atomic mass is 32.1. The van der Waals surface area contributed by atoms with Gasteiger partial charge in [-0.25, -0.2) is 9.37 Å². The van der Waals surface area contributed by atoms with E-state index in [2.05, 4.69) is 4.98 Å². The summed E-state index contributed by atoms with van der Waals surface area (Å²) < 4.78 is 25.0. The minimum absolute atomic E-state index is 0.0389. The first-order valence-electron chi connectivity index (χ1n) is 7.94. The molecule has 0 saturated heterocycles. The lowest BCUT2D eigenvalue weighted by molar-refractivity contribution is 0.355. The molecule has 3 aromatic rings. The van der Waals surface area contributed by atoms with Crippen molar-refractivity contribution in [3.63, 3.8) is 0 Å². The van der Waals surface area contributed by atoms with Gasteiger partial charge in [-0.15, -0.1) is 11.3 Å². The Kier molecular flexibility index (Phi) is 5.03.